The summed E-state index contributed by atoms with van der Waals surface area (Å²) in [6.45, 7) is 3.16. The highest BCUT2D eigenvalue weighted by atomic mass is 16.4. The number of carboxylic acid groups (broad SMARTS) is 1. The van der Waals surface area contributed by atoms with E-state index in [1.54, 1.807) is 19.1 Å². The Morgan fingerprint density at radius 2 is 1.70 bits per heavy atom. The van der Waals surface area contributed by atoms with Gasteiger partial charge in [0.2, 0.25) is 11.8 Å². The van der Waals surface area contributed by atoms with Gasteiger partial charge in [-0.1, -0.05) is 42.5 Å². The fourth-order valence-electron chi connectivity index (χ4n) is 2.64. The number of aromatic carboxylic acids is 1. The van der Waals surface area contributed by atoms with E-state index in [0.717, 1.165) is 5.56 Å². The highest BCUT2D eigenvalue weighted by Gasteiger charge is 2.22. The van der Waals surface area contributed by atoms with Gasteiger partial charge < -0.3 is 21.5 Å². The zero-order chi connectivity index (χ0) is 20.0. The molecule has 5 N–H and O–H groups in total. The predicted octanol–water partition coefficient (Wildman–Crippen LogP) is 1.71. The lowest BCUT2D eigenvalue weighted by Crippen LogP contribution is -2.49. The van der Waals surface area contributed by atoms with Crippen molar-refractivity contribution in [2.24, 2.45) is 5.73 Å². The third kappa shape index (κ3) is 5.39. The van der Waals surface area contributed by atoms with Gasteiger partial charge in [-0.2, -0.15) is 0 Å². The van der Waals surface area contributed by atoms with Crippen LogP contribution in [-0.4, -0.2) is 35.0 Å². The van der Waals surface area contributed by atoms with Crippen LogP contribution in [0.25, 0.3) is 0 Å². The minimum atomic E-state index is -1.13. The van der Waals surface area contributed by atoms with Crippen LogP contribution in [0, 0.1) is 6.92 Å². The zero-order valence-corrected chi connectivity index (χ0v) is 15.2. The van der Waals surface area contributed by atoms with E-state index in [1.165, 1.54) is 13.0 Å². The van der Waals surface area contributed by atoms with Crippen molar-refractivity contribution in [3.8, 4) is 0 Å². The Balaban J connectivity index is 1.98. The number of carbonyl (C=O) groups excluding carboxylic acids is 2. The van der Waals surface area contributed by atoms with Gasteiger partial charge in [-0.05, 0) is 37.5 Å². The lowest BCUT2D eigenvalue weighted by Gasteiger charge is -2.18. The van der Waals surface area contributed by atoms with Gasteiger partial charge in [0.1, 0.15) is 6.04 Å². The van der Waals surface area contributed by atoms with Crippen LogP contribution < -0.4 is 16.4 Å². The molecule has 142 valence electrons. The first-order valence-corrected chi connectivity index (χ1v) is 8.53. The van der Waals surface area contributed by atoms with Crippen molar-refractivity contribution in [2.75, 3.05) is 5.32 Å². The van der Waals surface area contributed by atoms with E-state index in [0.29, 0.717) is 12.0 Å². The number of hydrogen-bond donors (Lipinski definition) is 4. The van der Waals surface area contributed by atoms with Crippen molar-refractivity contribution < 1.29 is 19.5 Å². The maximum atomic E-state index is 12.4. The van der Waals surface area contributed by atoms with Crippen molar-refractivity contribution in [3.05, 3.63) is 65.2 Å². The molecule has 0 aliphatic heterocycles. The van der Waals surface area contributed by atoms with E-state index in [-0.39, 0.29) is 11.3 Å². The molecule has 0 saturated carbocycles. The van der Waals surface area contributed by atoms with E-state index >= 15 is 0 Å². The molecule has 7 heteroatoms. The molecule has 2 rings (SSSR count). The Labute approximate surface area is 157 Å². The van der Waals surface area contributed by atoms with E-state index < -0.39 is 29.9 Å². The zero-order valence-electron chi connectivity index (χ0n) is 15.2. The smallest absolute Gasteiger partial charge is 0.338 e. The Bertz CT molecular complexity index is 836. The van der Waals surface area contributed by atoms with E-state index in [9.17, 15) is 19.5 Å². The minimum absolute atomic E-state index is 0.0187. The van der Waals surface area contributed by atoms with Gasteiger partial charge in [0.05, 0.1) is 17.3 Å². The second-order valence-corrected chi connectivity index (χ2v) is 6.32. The van der Waals surface area contributed by atoms with Crippen molar-refractivity contribution in [1.82, 2.24) is 5.32 Å². The van der Waals surface area contributed by atoms with Crippen LogP contribution in [-0.2, 0) is 16.0 Å². The molecule has 2 unspecified atom stereocenters. The molecule has 0 aromatic heterocycles. The Hall–Kier alpha value is -3.19. The lowest BCUT2D eigenvalue weighted by atomic mass is 10.1. The van der Waals surface area contributed by atoms with Gasteiger partial charge in [0.15, 0.2) is 0 Å². The SMILES string of the molecule is Cc1cccc(NC(=O)C(C)NC(=O)C(N)Cc2ccccc2)c1C(=O)O. The molecule has 0 aliphatic carbocycles. The maximum Gasteiger partial charge on any atom is 0.338 e. The third-order valence-electron chi connectivity index (χ3n) is 4.13. The number of aryl methyl sites for hydroxylation is 1. The van der Waals surface area contributed by atoms with E-state index in [4.69, 9.17) is 5.73 Å². The Morgan fingerprint density at radius 1 is 1.04 bits per heavy atom. The van der Waals surface area contributed by atoms with Crippen LogP contribution >= 0.6 is 0 Å². The number of benzene rings is 2. The molecule has 0 bridgehead atoms. The van der Waals surface area contributed by atoms with Gasteiger partial charge in [0.25, 0.3) is 0 Å². The topological polar surface area (TPSA) is 122 Å². The highest BCUT2D eigenvalue weighted by molar-refractivity contribution is 6.03. The number of anilines is 1. The number of nitrogens with two attached hydrogens (primary N) is 1. The summed E-state index contributed by atoms with van der Waals surface area (Å²) in [4.78, 5) is 36.0. The molecule has 0 aliphatic rings. The molecule has 27 heavy (non-hydrogen) atoms. The summed E-state index contributed by atoms with van der Waals surface area (Å²) in [5, 5.41) is 14.4. The number of carbonyl (C=O) groups is 3. The van der Waals surface area contributed by atoms with Gasteiger partial charge in [0, 0.05) is 0 Å². The highest BCUT2D eigenvalue weighted by Crippen LogP contribution is 2.19. The maximum absolute atomic E-state index is 12.4. The predicted molar refractivity (Wildman–Crippen MR) is 102 cm³/mol. The van der Waals surface area contributed by atoms with E-state index in [2.05, 4.69) is 10.6 Å². The molecule has 7 nitrogen and oxygen atoms in total. The van der Waals surface area contributed by atoms with Crippen molar-refractivity contribution in [2.45, 2.75) is 32.4 Å². The molecule has 0 spiro atoms. The van der Waals surface area contributed by atoms with Crippen molar-refractivity contribution in [1.29, 1.82) is 0 Å². The number of rotatable bonds is 7. The van der Waals surface area contributed by atoms with Gasteiger partial charge in [-0.3, -0.25) is 9.59 Å². The quantitative estimate of drug-likeness (QED) is 0.592. The summed E-state index contributed by atoms with van der Waals surface area (Å²) in [5.74, 6) is -2.11. The summed E-state index contributed by atoms with van der Waals surface area (Å²) in [7, 11) is 0. The van der Waals surface area contributed by atoms with Crippen molar-refractivity contribution >= 4 is 23.5 Å². The number of hydrogen-bond acceptors (Lipinski definition) is 4. The fourth-order valence-corrected chi connectivity index (χ4v) is 2.64. The summed E-state index contributed by atoms with van der Waals surface area (Å²) in [5.41, 5.74) is 7.56. The average molecular weight is 369 g/mol. The van der Waals surface area contributed by atoms with Crippen LogP contribution in [0.15, 0.2) is 48.5 Å². The largest absolute Gasteiger partial charge is 0.478 e. The minimum Gasteiger partial charge on any atom is -0.478 e. The van der Waals surface area contributed by atoms with Crippen LogP contribution in [0.2, 0.25) is 0 Å². The molecule has 2 aromatic rings. The third-order valence-corrected chi connectivity index (χ3v) is 4.13. The molecular formula is C20H23N3O4. The number of nitrogens with one attached hydrogen (secondary N) is 2. The molecule has 0 heterocycles. The molecule has 2 aromatic carbocycles. The molecule has 0 radical (unpaired) electrons. The first-order chi connectivity index (χ1) is 12.8. The second kappa shape index (κ2) is 8.95. The number of amides is 2. The molecule has 2 amide bonds. The van der Waals surface area contributed by atoms with E-state index in [1.807, 2.05) is 30.3 Å². The van der Waals surface area contributed by atoms with Crippen molar-refractivity contribution in [3.63, 3.8) is 0 Å². The Kier molecular flexibility index (Phi) is 6.67. The molecule has 0 saturated heterocycles. The average Bonchev–Trinajstić information content (AvgIpc) is 2.62. The van der Waals surface area contributed by atoms with Gasteiger partial charge >= 0.3 is 5.97 Å². The molecular weight excluding hydrogens is 346 g/mol. The lowest BCUT2D eigenvalue weighted by molar-refractivity contribution is -0.127. The molecule has 2 atom stereocenters. The van der Waals surface area contributed by atoms with Crippen LogP contribution in [0.4, 0.5) is 5.69 Å². The summed E-state index contributed by atoms with van der Waals surface area (Å²) in [6.07, 6.45) is 0.349. The Morgan fingerprint density at radius 3 is 2.33 bits per heavy atom. The van der Waals surface area contributed by atoms with Crippen LogP contribution in [0.3, 0.4) is 0 Å². The monoisotopic (exact) mass is 369 g/mol. The first-order valence-electron chi connectivity index (χ1n) is 8.53. The van der Waals surface area contributed by atoms with Crippen LogP contribution in [0.5, 0.6) is 0 Å². The fraction of sp³-hybridized carbons (Fsp3) is 0.250. The summed E-state index contributed by atoms with van der Waals surface area (Å²) >= 11 is 0. The molecule has 0 fully saturated rings. The van der Waals surface area contributed by atoms with Gasteiger partial charge in [-0.15, -0.1) is 0 Å². The van der Waals surface area contributed by atoms with Crippen LogP contribution in [0.1, 0.15) is 28.4 Å². The first kappa shape index (κ1) is 20.1. The normalized spacial score (nSPS) is 12.7. The number of carboxylic acids is 1. The standard InChI is InChI=1S/C20H23N3O4/c1-12-7-6-10-16(17(12)20(26)27)23-18(24)13(2)22-19(25)15(21)11-14-8-4-3-5-9-14/h3-10,13,15H,11,21H2,1-2H3,(H,22,25)(H,23,24)(H,26,27). The van der Waals surface area contributed by atoms with Gasteiger partial charge in [-0.25, -0.2) is 4.79 Å². The second-order valence-electron chi connectivity index (χ2n) is 6.32. The summed E-state index contributed by atoms with van der Waals surface area (Å²) < 4.78 is 0. The summed E-state index contributed by atoms with van der Waals surface area (Å²) in [6, 6.07) is 12.5.